The number of sulfonamides is 1. The standard InChI is InChI=1S/C12H15Cl2NO2S/c13-9-6-7-11(14)12(8-9)18(16,17)15-10-4-2-1-3-5-10/h6-8,10,15H,1-5H2. The molecule has 0 aliphatic heterocycles. The normalized spacial score (nSPS) is 17.9. The maximum Gasteiger partial charge on any atom is 0.242 e. The van der Waals surface area contributed by atoms with Gasteiger partial charge >= 0.3 is 0 Å². The van der Waals surface area contributed by atoms with Crippen LogP contribution in [0.15, 0.2) is 23.1 Å². The highest BCUT2D eigenvalue weighted by molar-refractivity contribution is 7.89. The maximum atomic E-state index is 12.2. The fourth-order valence-electron chi connectivity index (χ4n) is 2.19. The molecule has 0 aromatic heterocycles. The quantitative estimate of drug-likeness (QED) is 0.927. The summed E-state index contributed by atoms with van der Waals surface area (Å²) in [4.78, 5) is 0.0576. The lowest BCUT2D eigenvalue weighted by Gasteiger charge is -2.22. The van der Waals surface area contributed by atoms with Gasteiger partial charge in [-0.1, -0.05) is 42.5 Å². The summed E-state index contributed by atoms with van der Waals surface area (Å²) in [6, 6.07) is 4.47. The third kappa shape index (κ3) is 3.38. The van der Waals surface area contributed by atoms with Crippen LogP contribution in [0, 0.1) is 0 Å². The number of halogens is 2. The first-order chi connectivity index (χ1) is 8.49. The van der Waals surface area contributed by atoms with Gasteiger partial charge in [0.15, 0.2) is 0 Å². The number of nitrogens with one attached hydrogen (secondary N) is 1. The lowest BCUT2D eigenvalue weighted by atomic mass is 9.96. The number of benzene rings is 1. The van der Waals surface area contributed by atoms with Crippen LogP contribution in [0.25, 0.3) is 0 Å². The Hall–Kier alpha value is -0.290. The molecular weight excluding hydrogens is 293 g/mol. The van der Waals surface area contributed by atoms with E-state index in [1.165, 1.54) is 18.6 Å². The van der Waals surface area contributed by atoms with Crippen molar-refractivity contribution in [1.82, 2.24) is 4.72 Å². The van der Waals surface area contributed by atoms with Crippen LogP contribution in [0.4, 0.5) is 0 Å². The second-order valence-corrected chi connectivity index (χ2v) is 7.06. The van der Waals surface area contributed by atoms with Crippen LogP contribution in [0.2, 0.25) is 10.0 Å². The topological polar surface area (TPSA) is 46.2 Å². The summed E-state index contributed by atoms with van der Waals surface area (Å²) in [5.41, 5.74) is 0. The molecule has 0 unspecified atom stereocenters. The van der Waals surface area contributed by atoms with Crippen LogP contribution in [-0.4, -0.2) is 14.5 Å². The SMILES string of the molecule is O=S(=O)(NC1CCCCC1)c1cc(Cl)ccc1Cl. The lowest BCUT2D eigenvalue weighted by molar-refractivity contribution is 0.412. The van der Waals surface area contributed by atoms with E-state index in [4.69, 9.17) is 23.2 Å². The third-order valence-electron chi connectivity index (χ3n) is 3.11. The van der Waals surface area contributed by atoms with Crippen molar-refractivity contribution < 1.29 is 8.42 Å². The Morgan fingerprint density at radius 2 is 1.78 bits per heavy atom. The summed E-state index contributed by atoms with van der Waals surface area (Å²) in [7, 11) is -3.58. The van der Waals surface area contributed by atoms with Crippen molar-refractivity contribution in [3.63, 3.8) is 0 Å². The van der Waals surface area contributed by atoms with E-state index in [0.29, 0.717) is 5.02 Å². The summed E-state index contributed by atoms with van der Waals surface area (Å²) in [6.45, 7) is 0. The van der Waals surface area contributed by atoms with Crippen LogP contribution in [0.5, 0.6) is 0 Å². The average molecular weight is 308 g/mol. The predicted octanol–water partition coefficient (Wildman–Crippen LogP) is 3.60. The van der Waals surface area contributed by atoms with E-state index >= 15 is 0 Å². The molecule has 1 fully saturated rings. The monoisotopic (exact) mass is 307 g/mol. The van der Waals surface area contributed by atoms with Crippen molar-refractivity contribution in [1.29, 1.82) is 0 Å². The molecule has 0 bridgehead atoms. The third-order valence-corrected chi connectivity index (χ3v) is 5.35. The molecule has 2 rings (SSSR count). The Bertz CT molecular complexity index is 525. The minimum atomic E-state index is -3.58. The van der Waals surface area contributed by atoms with Crippen molar-refractivity contribution in [3.8, 4) is 0 Å². The Morgan fingerprint density at radius 3 is 2.44 bits per heavy atom. The summed E-state index contributed by atoms with van der Waals surface area (Å²) < 4.78 is 27.1. The highest BCUT2D eigenvalue weighted by Gasteiger charge is 2.23. The van der Waals surface area contributed by atoms with Crippen LogP contribution < -0.4 is 4.72 Å². The molecule has 1 N–H and O–H groups in total. The van der Waals surface area contributed by atoms with Crippen molar-refractivity contribution in [2.75, 3.05) is 0 Å². The number of hydrogen-bond donors (Lipinski definition) is 1. The summed E-state index contributed by atoms with van der Waals surface area (Å²) in [5, 5.41) is 0.561. The fourth-order valence-corrected chi connectivity index (χ4v) is 4.25. The molecule has 100 valence electrons. The van der Waals surface area contributed by atoms with E-state index in [9.17, 15) is 8.42 Å². The van der Waals surface area contributed by atoms with E-state index in [1.54, 1.807) is 6.07 Å². The van der Waals surface area contributed by atoms with E-state index in [-0.39, 0.29) is 16.0 Å². The van der Waals surface area contributed by atoms with E-state index < -0.39 is 10.0 Å². The molecule has 3 nitrogen and oxygen atoms in total. The molecule has 0 spiro atoms. The molecule has 0 radical (unpaired) electrons. The molecule has 1 aliphatic rings. The second-order valence-electron chi connectivity index (χ2n) is 4.53. The van der Waals surface area contributed by atoms with Gasteiger partial charge in [0, 0.05) is 11.1 Å². The van der Waals surface area contributed by atoms with Gasteiger partial charge in [0.1, 0.15) is 4.90 Å². The van der Waals surface area contributed by atoms with Crippen molar-refractivity contribution in [3.05, 3.63) is 28.2 Å². The van der Waals surface area contributed by atoms with Gasteiger partial charge in [-0.05, 0) is 31.0 Å². The molecule has 6 heteroatoms. The predicted molar refractivity (Wildman–Crippen MR) is 73.7 cm³/mol. The van der Waals surface area contributed by atoms with Gasteiger partial charge in [-0.25, -0.2) is 13.1 Å². The van der Waals surface area contributed by atoms with Gasteiger partial charge in [0.2, 0.25) is 10.0 Å². The van der Waals surface area contributed by atoms with E-state index in [1.807, 2.05) is 0 Å². The zero-order valence-corrected chi connectivity index (χ0v) is 12.2. The minimum Gasteiger partial charge on any atom is -0.208 e. The first kappa shape index (κ1) is 14.1. The molecule has 1 aromatic rings. The molecule has 0 amide bonds. The number of rotatable bonds is 3. The van der Waals surface area contributed by atoms with Crippen molar-refractivity contribution in [2.45, 2.75) is 43.0 Å². The van der Waals surface area contributed by atoms with Gasteiger partial charge in [-0.3, -0.25) is 0 Å². The largest absolute Gasteiger partial charge is 0.242 e. The minimum absolute atomic E-state index is 0.0128. The average Bonchev–Trinajstić information content (AvgIpc) is 2.33. The van der Waals surface area contributed by atoms with E-state index in [2.05, 4.69) is 4.72 Å². The molecule has 1 aliphatic carbocycles. The molecule has 0 heterocycles. The lowest BCUT2D eigenvalue weighted by Crippen LogP contribution is -2.36. The summed E-state index contributed by atoms with van der Waals surface area (Å²) in [5.74, 6) is 0. The van der Waals surface area contributed by atoms with Crippen LogP contribution >= 0.6 is 23.2 Å². The van der Waals surface area contributed by atoms with Gasteiger partial charge in [0.25, 0.3) is 0 Å². The Kier molecular flexibility index (Phi) is 4.54. The Labute approximate surface area is 118 Å². The highest BCUT2D eigenvalue weighted by Crippen LogP contribution is 2.26. The van der Waals surface area contributed by atoms with Crippen molar-refractivity contribution in [2.24, 2.45) is 0 Å². The zero-order chi connectivity index (χ0) is 13.2. The Balaban J connectivity index is 2.21. The molecule has 0 atom stereocenters. The molecule has 1 saturated carbocycles. The van der Waals surface area contributed by atoms with Crippen molar-refractivity contribution >= 4 is 33.2 Å². The molecule has 1 aromatic carbocycles. The highest BCUT2D eigenvalue weighted by atomic mass is 35.5. The van der Waals surface area contributed by atoms with Gasteiger partial charge in [-0.15, -0.1) is 0 Å². The number of hydrogen-bond acceptors (Lipinski definition) is 2. The van der Waals surface area contributed by atoms with E-state index in [0.717, 1.165) is 25.7 Å². The Morgan fingerprint density at radius 1 is 1.11 bits per heavy atom. The summed E-state index contributed by atoms with van der Waals surface area (Å²) >= 11 is 11.7. The van der Waals surface area contributed by atoms with Gasteiger partial charge in [0.05, 0.1) is 5.02 Å². The fraction of sp³-hybridized carbons (Fsp3) is 0.500. The first-order valence-electron chi connectivity index (χ1n) is 5.96. The maximum absolute atomic E-state index is 12.2. The van der Waals surface area contributed by atoms with Crippen LogP contribution in [0.1, 0.15) is 32.1 Å². The molecule has 0 saturated heterocycles. The molecular formula is C12H15Cl2NO2S. The van der Waals surface area contributed by atoms with Gasteiger partial charge in [-0.2, -0.15) is 0 Å². The smallest absolute Gasteiger partial charge is 0.208 e. The van der Waals surface area contributed by atoms with Crippen LogP contribution in [0.3, 0.4) is 0 Å². The van der Waals surface area contributed by atoms with Crippen LogP contribution in [-0.2, 0) is 10.0 Å². The van der Waals surface area contributed by atoms with Gasteiger partial charge < -0.3 is 0 Å². The molecule has 18 heavy (non-hydrogen) atoms. The first-order valence-corrected chi connectivity index (χ1v) is 8.20. The summed E-state index contributed by atoms with van der Waals surface area (Å²) in [6.07, 6.45) is 5.08. The second kappa shape index (κ2) is 5.78. The zero-order valence-electron chi connectivity index (χ0n) is 9.83.